The highest BCUT2D eigenvalue weighted by atomic mass is 16.7. The Bertz CT molecular complexity index is 360. The smallest absolute Gasteiger partial charge is 0.434 e. The van der Waals surface area contributed by atoms with Crippen LogP contribution in [0.25, 0.3) is 0 Å². The number of rotatable bonds is 4. The third kappa shape index (κ3) is 3.22. The Balaban J connectivity index is 1.95. The van der Waals surface area contributed by atoms with Crippen LogP contribution in [0.3, 0.4) is 0 Å². The minimum atomic E-state index is -0.555. The minimum absolute atomic E-state index is 0.174. The summed E-state index contributed by atoms with van der Waals surface area (Å²) >= 11 is 0. The highest BCUT2D eigenvalue weighted by molar-refractivity contribution is 5.60. The molecule has 1 aliphatic heterocycles. The van der Waals surface area contributed by atoms with Crippen molar-refractivity contribution in [1.29, 1.82) is 0 Å². The molecule has 0 atom stereocenters. The van der Waals surface area contributed by atoms with Gasteiger partial charge in [-0.05, 0) is 24.0 Å². The van der Waals surface area contributed by atoms with Gasteiger partial charge in [0.05, 0.1) is 5.92 Å². The Morgan fingerprint density at radius 3 is 2.41 bits per heavy atom. The van der Waals surface area contributed by atoms with Gasteiger partial charge in [0.1, 0.15) is 13.2 Å². The van der Waals surface area contributed by atoms with Gasteiger partial charge in [0, 0.05) is 0 Å². The summed E-state index contributed by atoms with van der Waals surface area (Å²) in [5.41, 5.74) is 2.54. The van der Waals surface area contributed by atoms with Gasteiger partial charge in [0.25, 0.3) is 0 Å². The zero-order valence-electron chi connectivity index (χ0n) is 10.1. The SMILES string of the molecule is CCCCc1ccc(C2COC(=O)OC2)cc1. The number of cyclic esters (lactones) is 2. The first-order valence-electron chi connectivity index (χ1n) is 6.18. The summed E-state index contributed by atoms with van der Waals surface area (Å²) in [5.74, 6) is 0.174. The molecule has 0 aliphatic carbocycles. The average Bonchev–Trinajstić information content (AvgIpc) is 2.38. The van der Waals surface area contributed by atoms with Crippen molar-refractivity contribution < 1.29 is 14.3 Å². The Hall–Kier alpha value is -1.51. The molecule has 0 bridgehead atoms. The summed E-state index contributed by atoms with van der Waals surface area (Å²) in [6.45, 7) is 3.04. The highest BCUT2D eigenvalue weighted by Gasteiger charge is 2.22. The zero-order chi connectivity index (χ0) is 12.1. The maximum Gasteiger partial charge on any atom is 0.508 e. The van der Waals surface area contributed by atoms with E-state index in [1.807, 2.05) is 0 Å². The van der Waals surface area contributed by atoms with Gasteiger partial charge >= 0.3 is 6.16 Å². The maximum atomic E-state index is 10.8. The first-order chi connectivity index (χ1) is 8.29. The lowest BCUT2D eigenvalue weighted by Gasteiger charge is -2.22. The quantitative estimate of drug-likeness (QED) is 0.750. The van der Waals surface area contributed by atoms with Crippen LogP contribution < -0.4 is 0 Å². The van der Waals surface area contributed by atoms with E-state index in [2.05, 4.69) is 31.2 Å². The summed E-state index contributed by atoms with van der Waals surface area (Å²) in [6, 6.07) is 8.53. The molecule has 0 unspecified atom stereocenters. The molecular formula is C14H18O3. The van der Waals surface area contributed by atoms with Crippen molar-refractivity contribution in [2.24, 2.45) is 0 Å². The van der Waals surface area contributed by atoms with Crippen LogP contribution in [0, 0.1) is 0 Å². The van der Waals surface area contributed by atoms with E-state index in [1.165, 1.54) is 24.0 Å². The van der Waals surface area contributed by atoms with Gasteiger partial charge in [-0.2, -0.15) is 0 Å². The van der Waals surface area contributed by atoms with Crippen LogP contribution in [0.1, 0.15) is 36.8 Å². The molecule has 0 radical (unpaired) electrons. The number of ether oxygens (including phenoxy) is 2. The van der Waals surface area contributed by atoms with Crippen LogP contribution in [0.4, 0.5) is 4.79 Å². The molecule has 0 N–H and O–H groups in total. The van der Waals surface area contributed by atoms with Crippen molar-refractivity contribution in [3.05, 3.63) is 35.4 Å². The van der Waals surface area contributed by atoms with Gasteiger partial charge < -0.3 is 9.47 Å². The lowest BCUT2D eigenvalue weighted by molar-refractivity contribution is 0.00722. The van der Waals surface area contributed by atoms with Gasteiger partial charge in [-0.3, -0.25) is 0 Å². The van der Waals surface area contributed by atoms with E-state index in [4.69, 9.17) is 9.47 Å². The van der Waals surface area contributed by atoms with Gasteiger partial charge in [-0.15, -0.1) is 0 Å². The molecular weight excluding hydrogens is 216 g/mol. The standard InChI is InChI=1S/C14H18O3/c1-2-3-4-11-5-7-12(8-6-11)13-9-16-14(15)17-10-13/h5-8,13H,2-4,9-10H2,1H3. The van der Waals surface area contributed by atoms with Crippen molar-refractivity contribution in [1.82, 2.24) is 0 Å². The fourth-order valence-corrected chi connectivity index (χ4v) is 1.96. The molecule has 1 aromatic carbocycles. The fourth-order valence-electron chi connectivity index (χ4n) is 1.96. The molecule has 1 aliphatic rings. The van der Waals surface area contributed by atoms with Crippen LogP contribution in [0.5, 0.6) is 0 Å². The second-order valence-corrected chi connectivity index (χ2v) is 4.41. The van der Waals surface area contributed by atoms with Crippen molar-refractivity contribution >= 4 is 6.16 Å². The topological polar surface area (TPSA) is 35.5 Å². The van der Waals surface area contributed by atoms with E-state index in [0.29, 0.717) is 13.2 Å². The van der Waals surface area contributed by atoms with Gasteiger partial charge in [-0.25, -0.2) is 4.79 Å². The molecule has 0 amide bonds. The van der Waals surface area contributed by atoms with Crippen molar-refractivity contribution in [2.75, 3.05) is 13.2 Å². The van der Waals surface area contributed by atoms with Crippen molar-refractivity contribution in [3.63, 3.8) is 0 Å². The summed E-state index contributed by atoms with van der Waals surface area (Å²) < 4.78 is 9.76. The molecule has 0 spiro atoms. The van der Waals surface area contributed by atoms with E-state index in [0.717, 1.165) is 6.42 Å². The fraction of sp³-hybridized carbons (Fsp3) is 0.500. The van der Waals surface area contributed by atoms with Crippen LogP contribution in [0.2, 0.25) is 0 Å². The minimum Gasteiger partial charge on any atom is -0.434 e. The van der Waals surface area contributed by atoms with Gasteiger partial charge in [0.2, 0.25) is 0 Å². The van der Waals surface area contributed by atoms with E-state index in [-0.39, 0.29) is 5.92 Å². The first-order valence-corrected chi connectivity index (χ1v) is 6.18. The molecule has 0 saturated carbocycles. The molecule has 1 aromatic rings. The Morgan fingerprint density at radius 2 is 1.82 bits per heavy atom. The number of hydrogen-bond donors (Lipinski definition) is 0. The molecule has 3 heteroatoms. The second kappa shape index (κ2) is 5.71. The largest absolute Gasteiger partial charge is 0.508 e. The average molecular weight is 234 g/mol. The third-order valence-electron chi connectivity index (χ3n) is 3.07. The summed E-state index contributed by atoms with van der Waals surface area (Å²) in [6.07, 6.45) is 3.02. The summed E-state index contributed by atoms with van der Waals surface area (Å²) in [7, 11) is 0. The molecule has 1 saturated heterocycles. The zero-order valence-corrected chi connectivity index (χ0v) is 10.1. The first kappa shape index (κ1) is 12.0. The number of unbranched alkanes of at least 4 members (excludes halogenated alkanes) is 1. The van der Waals surface area contributed by atoms with Crippen molar-refractivity contribution in [2.45, 2.75) is 32.1 Å². The van der Waals surface area contributed by atoms with Crippen molar-refractivity contribution in [3.8, 4) is 0 Å². The molecule has 3 nitrogen and oxygen atoms in total. The number of hydrogen-bond acceptors (Lipinski definition) is 3. The number of benzene rings is 1. The lowest BCUT2D eigenvalue weighted by Crippen LogP contribution is -2.25. The monoisotopic (exact) mass is 234 g/mol. The predicted octanol–water partition coefficient (Wildman–Crippen LogP) is 3.28. The van der Waals surface area contributed by atoms with E-state index in [9.17, 15) is 4.79 Å². The second-order valence-electron chi connectivity index (χ2n) is 4.41. The molecule has 92 valence electrons. The normalized spacial score (nSPS) is 16.4. The predicted molar refractivity (Wildman–Crippen MR) is 65.1 cm³/mol. The molecule has 17 heavy (non-hydrogen) atoms. The number of carbonyl (C=O) groups is 1. The Labute approximate surface area is 102 Å². The third-order valence-corrected chi connectivity index (χ3v) is 3.07. The van der Waals surface area contributed by atoms with Crippen LogP contribution in [-0.2, 0) is 15.9 Å². The van der Waals surface area contributed by atoms with Crippen LogP contribution in [0.15, 0.2) is 24.3 Å². The number of aryl methyl sites for hydroxylation is 1. The maximum absolute atomic E-state index is 10.8. The molecule has 1 fully saturated rings. The molecule has 2 rings (SSSR count). The van der Waals surface area contributed by atoms with Crippen LogP contribution >= 0.6 is 0 Å². The van der Waals surface area contributed by atoms with Gasteiger partial charge in [0.15, 0.2) is 0 Å². The highest BCUT2D eigenvalue weighted by Crippen LogP contribution is 2.21. The lowest BCUT2D eigenvalue weighted by atomic mass is 9.98. The molecule has 0 aromatic heterocycles. The number of carbonyl (C=O) groups excluding carboxylic acids is 1. The molecule has 1 heterocycles. The van der Waals surface area contributed by atoms with Gasteiger partial charge in [-0.1, -0.05) is 37.6 Å². The van der Waals surface area contributed by atoms with E-state index < -0.39 is 6.16 Å². The summed E-state index contributed by atoms with van der Waals surface area (Å²) in [4.78, 5) is 10.8. The van der Waals surface area contributed by atoms with E-state index >= 15 is 0 Å². The van der Waals surface area contributed by atoms with E-state index in [1.54, 1.807) is 0 Å². The summed E-state index contributed by atoms with van der Waals surface area (Å²) in [5, 5.41) is 0. The Kier molecular flexibility index (Phi) is 4.02. The van der Waals surface area contributed by atoms with Crippen LogP contribution in [-0.4, -0.2) is 19.4 Å². The Morgan fingerprint density at radius 1 is 1.18 bits per heavy atom.